The van der Waals surface area contributed by atoms with Gasteiger partial charge in [0.1, 0.15) is 0 Å². The minimum absolute atomic E-state index is 0.0999. The van der Waals surface area contributed by atoms with E-state index in [9.17, 15) is 23.1 Å². The fourth-order valence-corrected chi connectivity index (χ4v) is 2.40. The summed E-state index contributed by atoms with van der Waals surface area (Å²) in [5, 5.41) is 9.57. The molecule has 0 fully saturated rings. The Labute approximate surface area is 143 Å². The highest BCUT2D eigenvalue weighted by Gasteiger charge is 2.22. The van der Waals surface area contributed by atoms with Gasteiger partial charge in [0.15, 0.2) is 6.10 Å². The maximum absolute atomic E-state index is 11.6. The lowest BCUT2D eigenvalue weighted by molar-refractivity contribution is -0.160. The van der Waals surface area contributed by atoms with E-state index in [0.717, 1.165) is 25.7 Å². The van der Waals surface area contributed by atoms with Crippen molar-refractivity contribution in [1.82, 2.24) is 0 Å². The lowest BCUT2D eigenvalue weighted by Gasteiger charge is -2.15. The molecule has 0 aliphatic heterocycles. The summed E-state index contributed by atoms with van der Waals surface area (Å²) in [6.45, 7) is 4.06. The zero-order valence-corrected chi connectivity index (χ0v) is 15.1. The van der Waals surface area contributed by atoms with Gasteiger partial charge in [0.25, 0.3) is 10.1 Å². The summed E-state index contributed by atoms with van der Waals surface area (Å²) < 4.78 is 39.2. The highest BCUT2D eigenvalue weighted by atomic mass is 32.2. The second kappa shape index (κ2) is 12.2. The minimum atomic E-state index is -4.11. The Bertz CT molecular complexity index is 474. The summed E-state index contributed by atoms with van der Waals surface area (Å²) in [6.07, 6.45) is 1.68. The van der Waals surface area contributed by atoms with Crippen LogP contribution in [0.1, 0.15) is 52.4 Å². The molecule has 9 heteroatoms. The van der Waals surface area contributed by atoms with Gasteiger partial charge >= 0.3 is 11.9 Å². The summed E-state index contributed by atoms with van der Waals surface area (Å²) >= 11 is 0. The molecule has 24 heavy (non-hydrogen) atoms. The van der Waals surface area contributed by atoms with E-state index < -0.39 is 40.3 Å². The third kappa shape index (κ3) is 12.3. The van der Waals surface area contributed by atoms with E-state index in [-0.39, 0.29) is 25.6 Å². The van der Waals surface area contributed by atoms with Crippen molar-refractivity contribution < 1.29 is 37.1 Å². The van der Waals surface area contributed by atoms with E-state index in [1.54, 1.807) is 0 Å². The lowest BCUT2D eigenvalue weighted by atomic mass is 10.0. The van der Waals surface area contributed by atoms with Gasteiger partial charge in [-0.3, -0.25) is 9.35 Å². The van der Waals surface area contributed by atoms with Crippen LogP contribution in [-0.4, -0.2) is 55.1 Å². The fourth-order valence-electron chi connectivity index (χ4n) is 1.92. The summed E-state index contributed by atoms with van der Waals surface area (Å²) in [6, 6.07) is 0. The Morgan fingerprint density at radius 2 is 1.79 bits per heavy atom. The highest BCUT2D eigenvalue weighted by molar-refractivity contribution is 7.85. The van der Waals surface area contributed by atoms with Gasteiger partial charge in [-0.1, -0.05) is 33.1 Å². The van der Waals surface area contributed by atoms with Gasteiger partial charge in [0, 0.05) is 0 Å². The van der Waals surface area contributed by atoms with Crippen LogP contribution in [0.25, 0.3) is 0 Å². The first-order chi connectivity index (χ1) is 11.2. The molecule has 0 saturated heterocycles. The van der Waals surface area contributed by atoms with E-state index in [4.69, 9.17) is 9.29 Å². The number of hydrogen-bond acceptors (Lipinski definition) is 7. The molecule has 2 atom stereocenters. The molecule has 0 rings (SSSR count). The van der Waals surface area contributed by atoms with Crippen molar-refractivity contribution in [3.63, 3.8) is 0 Å². The van der Waals surface area contributed by atoms with Gasteiger partial charge in [0.05, 0.1) is 25.4 Å². The smallest absolute Gasteiger partial charge is 0.335 e. The predicted octanol–water partition coefficient (Wildman–Crippen LogP) is 1.32. The van der Waals surface area contributed by atoms with Gasteiger partial charge in [-0.15, -0.1) is 0 Å². The molecule has 0 heterocycles. The number of unbranched alkanes of at least 4 members (excludes halogenated alkanes) is 1. The fraction of sp³-hybridized carbons (Fsp3) is 0.867. The van der Waals surface area contributed by atoms with Crippen molar-refractivity contribution in [2.75, 3.05) is 19.0 Å². The number of rotatable bonds is 13. The van der Waals surface area contributed by atoms with Crippen LogP contribution >= 0.6 is 0 Å². The van der Waals surface area contributed by atoms with Crippen molar-refractivity contribution in [2.24, 2.45) is 5.92 Å². The topological polar surface area (TPSA) is 127 Å². The second-order valence-corrected chi connectivity index (χ2v) is 7.20. The molecule has 0 spiro atoms. The number of aliphatic hydroxyl groups excluding tert-OH is 1. The number of esters is 2. The van der Waals surface area contributed by atoms with Gasteiger partial charge in [-0.05, 0) is 18.8 Å². The first-order valence-corrected chi connectivity index (χ1v) is 9.76. The molecule has 0 aromatic rings. The largest absolute Gasteiger partial charge is 0.465 e. The Morgan fingerprint density at radius 3 is 2.33 bits per heavy atom. The Hall–Kier alpha value is -1.19. The molecule has 0 aromatic carbocycles. The maximum Gasteiger partial charge on any atom is 0.335 e. The number of carbonyl (C=O) groups is 2. The van der Waals surface area contributed by atoms with Crippen LogP contribution in [0.2, 0.25) is 0 Å². The molecule has 142 valence electrons. The van der Waals surface area contributed by atoms with Gasteiger partial charge in [0.2, 0.25) is 0 Å². The van der Waals surface area contributed by atoms with E-state index in [2.05, 4.69) is 11.7 Å². The van der Waals surface area contributed by atoms with Gasteiger partial charge in [-0.25, -0.2) is 4.79 Å². The van der Waals surface area contributed by atoms with Crippen LogP contribution in [0.15, 0.2) is 0 Å². The molecule has 0 bridgehead atoms. The van der Waals surface area contributed by atoms with Crippen LogP contribution in [0.5, 0.6) is 0 Å². The molecule has 0 saturated carbocycles. The zero-order valence-electron chi connectivity index (χ0n) is 14.3. The van der Waals surface area contributed by atoms with Gasteiger partial charge in [-0.2, -0.15) is 8.42 Å². The van der Waals surface area contributed by atoms with Crippen LogP contribution in [-0.2, 0) is 29.2 Å². The first-order valence-electron chi connectivity index (χ1n) is 8.15. The number of carbonyl (C=O) groups excluding carboxylic acids is 2. The highest BCUT2D eigenvalue weighted by Crippen LogP contribution is 2.13. The molecule has 8 nitrogen and oxygen atoms in total. The third-order valence-electron chi connectivity index (χ3n) is 3.45. The lowest BCUT2D eigenvalue weighted by Crippen LogP contribution is -2.28. The number of ether oxygens (including phenoxy) is 2. The predicted molar refractivity (Wildman–Crippen MR) is 86.9 cm³/mol. The van der Waals surface area contributed by atoms with Crippen molar-refractivity contribution in [3.8, 4) is 0 Å². The van der Waals surface area contributed by atoms with Crippen molar-refractivity contribution in [3.05, 3.63) is 0 Å². The third-order valence-corrected chi connectivity index (χ3v) is 4.25. The molecule has 2 unspecified atom stereocenters. The average molecular weight is 368 g/mol. The summed E-state index contributed by atoms with van der Waals surface area (Å²) in [7, 11) is -4.11. The van der Waals surface area contributed by atoms with Crippen molar-refractivity contribution >= 4 is 22.1 Å². The maximum atomic E-state index is 11.6. The quantitative estimate of drug-likeness (QED) is 0.283. The Balaban J connectivity index is 4.00. The molecule has 0 radical (unpaired) electrons. The number of hydrogen-bond donors (Lipinski definition) is 2. The minimum Gasteiger partial charge on any atom is -0.465 e. The number of aliphatic hydroxyl groups is 1. The summed E-state index contributed by atoms with van der Waals surface area (Å²) in [4.78, 5) is 23.1. The Kier molecular flexibility index (Phi) is 11.6. The van der Waals surface area contributed by atoms with E-state index in [1.807, 2.05) is 6.92 Å². The monoisotopic (exact) mass is 368 g/mol. The summed E-state index contributed by atoms with van der Waals surface area (Å²) in [5.41, 5.74) is 0. The van der Waals surface area contributed by atoms with E-state index in [1.165, 1.54) is 0 Å². The molecule has 0 aliphatic carbocycles. The van der Waals surface area contributed by atoms with Crippen LogP contribution < -0.4 is 0 Å². The molecule has 0 aliphatic rings. The molecule has 2 N–H and O–H groups in total. The van der Waals surface area contributed by atoms with E-state index >= 15 is 0 Å². The summed E-state index contributed by atoms with van der Waals surface area (Å²) in [5.74, 6) is -2.00. The molecular formula is C15H28O8S. The standard InChI is InChI=1S/C15H28O8S/c1-3-5-7-12(4-2)11-23-14(17)10-13(16)15(18)22-8-6-9-24(19,20)21/h12-13,16H,3-11H2,1-2H3,(H,19,20,21). The zero-order chi connectivity index (χ0) is 18.6. The van der Waals surface area contributed by atoms with Crippen molar-refractivity contribution in [2.45, 2.75) is 58.5 Å². The van der Waals surface area contributed by atoms with Gasteiger partial charge < -0.3 is 14.6 Å². The second-order valence-electron chi connectivity index (χ2n) is 5.63. The first kappa shape index (κ1) is 22.8. The van der Waals surface area contributed by atoms with E-state index in [0.29, 0.717) is 0 Å². The molecule has 0 amide bonds. The molecule has 0 aromatic heterocycles. The van der Waals surface area contributed by atoms with Crippen LogP contribution in [0.3, 0.4) is 0 Å². The Morgan fingerprint density at radius 1 is 1.12 bits per heavy atom. The normalized spacial score (nSPS) is 14.0. The van der Waals surface area contributed by atoms with Crippen LogP contribution in [0.4, 0.5) is 0 Å². The average Bonchev–Trinajstić information content (AvgIpc) is 2.50. The molecular weight excluding hydrogens is 340 g/mol. The van der Waals surface area contributed by atoms with Crippen LogP contribution in [0, 0.1) is 5.92 Å². The van der Waals surface area contributed by atoms with Crippen molar-refractivity contribution in [1.29, 1.82) is 0 Å². The SMILES string of the molecule is CCCCC(CC)COC(=O)CC(O)C(=O)OCCCS(=O)(=O)O.